The Balaban J connectivity index is 1.33. The minimum Gasteiger partial charge on any atom is -0.355 e. The molecule has 0 aliphatic heterocycles. The third-order valence-corrected chi connectivity index (χ3v) is 7.70. The molecule has 230 valence electrons. The molecule has 0 unspecified atom stereocenters. The van der Waals surface area contributed by atoms with Crippen molar-refractivity contribution in [2.24, 2.45) is 0 Å². The number of hydrogen-bond acceptors (Lipinski definition) is 7. The van der Waals surface area contributed by atoms with Crippen LogP contribution in [0.1, 0.15) is 33.4 Å². The van der Waals surface area contributed by atoms with Gasteiger partial charge in [-0.1, -0.05) is 59.6 Å². The molecule has 0 aliphatic carbocycles. The van der Waals surface area contributed by atoms with E-state index in [2.05, 4.69) is 36.1 Å². The molecule has 12 nitrogen and oxygen atoms in total. The van der Waals surface area contributed by atoms with E-state index < -0.39 is 17.5 Å². The Morgan fingerprint density at radius 3 is 2.61 bits per heavy atom. The second-order valence-corrected chi connectivity index (χ2v) is 11.0. The monoisotopic (exact) mass is 653 g/mol. The summed E-state index contributed by atoms with van der Waals surface area (Å²) in [6, 6.07) is 20.6. The zero-order valence-corrected chi connectivity index (χ0v) is 25.7. The highest BCUT2D eigenvalue weighted by atomic mass is 35.5. The summed E-state index contributed by atoms with van der Waals surface area (Å²) >= 11 is 12.9. The molecule has 4 N–H and O–H groups in total. The summed E-state index contributed by atoms with van der Waals surface area (Å²) in [5.74, 6) is -0.359. The highest BCUT2D eigenvalue weighted by Crippen LogP contribution is 2.31. The van der Waals surface area contributed by atoms with Gasteiger partial charge in [0.25, 0.3) is 5.91 Å². The van der Waals surface area contributed by atoms with Gasteiger partial charge in [0.15, 0.2) is 0 Å². The van der Waals surface area contributed by atoms with Crippen molar-refractivity contribution >= 4 is 52.0 Å². The number of halogens is 2. The molecule has 2 amide bonds. The van der Waals surface area contributed by atoms with Gasteiger partial charge in [-0.25, -0.2) is 4.98 Å². The summed E-state index contributed by atoms with van der Waals surface area (Å²) in [4.78, 5) is 48.6. The summed E-state index contributed by atoms with van der Waals surface area (Å²) in [5, 5.41) is 18.1. The van der Waals surface area contributed by atoms with E-state index in [9.17, 15) is 14.4 Å². The molecule has 3 aromatic carbocycles. The number of nitrogens with zero attached hydrogens (tertiary/aromatic N) is 5. The number of aromatic amines is 2. The van der Waals surface area contributed by atoms with Gasteiger partial charge in [0, 0.05) is 46.2 Å². The third-order valence-electron chi connectivity index (χ3n) is 7.20. The minimum atomic E-state index is -0.595. The van der Waals surface area contributed by atoms with Crippen LogP contribution in [0.25, 0.3) is 33.9 Å². The summed E-state index contributed by atoms with van der Waals surface area (Å²) in [6.07, 6.45) is 4.88. The highest BCUT2D eigenvalue weighted by molar-refractivity contribution is 6.32. The molecule has 6 aromatic rings. The van der Waals surface area contributed by atoms with Crippen molar-refractivity contribution in [3.8, 4) is 16.9 Å². The fraction of sp³-hybridized carbons (Fsp3) is 0.0938. The molecule has 0 aliphatic rings. The predicted molar refractivity (Wildman–Crippen MR) is 175 cm³/mol. The Bertz CT molecular complexity index is 2140. The molecule has 14 heteroatoms. The van der Waals surface area contributed by atoms with Gasteiger partial charge in [-0.2, -0.15) is 4.68 Å². The van der Waals surface area contributed by atoms with Gasteiger partial charge in [-0.05, 0) is 58.8 Å². The largest absolute Gasteiger partial charge is 0.355 e. The maximum atomic E-state index is 13.3. The number of rotatable bonds is 9. The number of H-pyrrole nitrogens is 2. The second kappa shape index (κ2) is 13.2. The van der Waals surface area contributed by atoms with E-state index in [0.29, 0.717) is 50.7 Å². The Morgan fingerprint density at radius 2 is 1.85 bits per heavy atom. The summed E-state index contributed by atoms with van der Waals surface area (Å²) in [6.45, 7) is 0. The molecule has 46 heavy (non-hydrogen) atoms. The lowest BCUT2D eigenvalue weighted by Crippen LogP contribution is -2.29. The van der Waals surface area contributed by atoms with Crippen LogP contribution in [0.5, 0.6) is 0 Å². The zero-order chi connectivity index (χ0) is 32.2. The lowest BCUT2D eigenvalue weighted by molar-refractivity contribution is -0.117. The lowest BCUT2D eigenvalue weighted by atomic mass is 10.0. The van der Waals surface area contributed by atoms with Crippen LogP contribution >= 0.6 is 23.2 Å². The molecule has 6 rings (SSSR count). The van der Waals surface area contributed by atoms with Gasteiger partial charge in [-0.3, -0.25) is 14.4 Å². The van der Waals surface area contributed by atoms with E-state index in [1.807, 2.05) is 30.3 Å². The van der Waals surface area contributed by atoms with Crippen molar-refractivity contribution in [3.05, 3.63) is 128 Å². The maximum absolute atomic E-state index is 13.3. The number of carbonyl (C=O) groups excluding carboxylic acids is 2. The van der Waals surface area contributed by atoms with Crippen LogP contribution in [0.15, 0.2) is 90.0 Å². The van der Waals surface area contributed by atoms with Crippen molar-refractivity contribution in [2.75, 3.05) is 7.05 Å². The van der Waals surface area contributed by atoms with Crippen molar-refractivity contribution in [3.63, 3.8) is 0 Å². The van der Waals surface area contributed by atoms with Gasteiger partial charge in [-0.15, -0.1) is 5.10 Å². The number of pyridine rings is 1. The number of carbonyl (C=O) groups is 2. The first-order chi connectivity index (χ1) is 22.3. The molecule has 0 fully saturated rings. The average molecular weight is 655 g/mol. The number of aromatic nitrogens is 7. The van der Waals surface area contributed by atoms with Gasteiger partial charge >= 0.3 is 0 Å². The SMILES string of the molecule is CNC(=O)c1cc(=O)[nH]c2ccc(-c3nc([C@H](Cc4ccccc4)NC(=O)C=Cc4cc(Cl)ccc4-n4cnnn4)[nH]c3Cl)cc12. The van der Waals surface area contributed by atoms with Crippen LogP contribution in [-0.4, -0.2) is 54.0 Å². The zero-order valence-electron chi connectivity index (χ0n) is 24.2. The molecule has 3 aromatic heterocycles. The van der Waals surface area contributed by atoms with Crippen LogP contribution in [0.2, 0.25) is 10.2 Å². The molecule has 0 saturated carbocycles. The minimum absolute atomic E-state index is 0.221. The van der Waals surface area contributed by atoms with Crippen molar-refractivity contribution in [1.82, 2.24) is 45.8 Å². The number of tetrazole rings is 1. The first-order valence-electron chi connectivity index (χ1n) is 14.0. The first kappa shape index (κ1) is 30.4. The van der Waals surface area contributed by atoms with E-state index >= 15 is 0 Å². The Hall–Kier alpha value is -5.59. The fourth-order valence-electron chi connectivity index (χ4n) is 5.04. The summed E-state index contributed by atoms with van der Waals surface area (Å²) in [7, 11) is 1.49. The van der Waals surface area contributed by atoms with E-state index in [1.54, 1.807) is 42.5 Å². The number of fused-ring (bicyclic) bond motifs is 1. The standard InChI is InChI=1S/C32H25Cl2N9O3/c1-35-32(46)23-16-28(45)37-24-10-7-20(15-22(23)24)29-30(34)40-31(39-29)25(13-18-5-3-2-4-6-18)38-27(44)12-8-19-14-21(33)9-11-26(19)43-17-36-41-42-43/h2-12,14-17,25H,13H2,1H3,(H,35,46)(H,37,45)(H,38,44)(H,39,40)/t25-/m0/s1. The van der Waals surface area contributed by atoms with Gasteiger partial charge in [0.1, 0.15) is 23.0 Å². The van der Waals surface area contributed by atoms with E-state index in [1.165, 1.54) is 30.2 Å². The number of amides is 2. The average Bonchev–Trinajstić information content (AvgIpc) is 3.73. The second-order valence-electron chi connectivity index (χ2n) is 10.2. The quantitative estimate of drug-likeness (QED) is 0.165. The van der Waals surface area contributed by atoms with Gasteiger partial charge in [0.2, 0.25) is 11.5 Å². The maximum Gasteiger partial charge on any atom is 0.251 e. The van der Waals surface area contributed by atoms with Crippen LogP contribution in [-0.2, 0) is 11.2 Å². The van der Waals surface area contributed by atoms with E-state index in [-0.39, 0.29) is 16.6 Å². The lowest BCUT2D eigenvalue weighted by Gasteiger charge is -2.16. The molecule has 3 heterocycles. The molecular weight excluding hydrogens is 629 g/mol. The Morgan fingerprint density at radius 1 is 1.02 bits per heavy atom. The predicted octanol–water partition coefficient (Wildman–Crippen LogP) is 4.67. The normalized spacial score (nSPS) is 12.0. The van der Waals surface area contributed by atoms with Crippen LogP contribution in [0.4, 0.5) is 0 Å². The summed E-state index contributed by atoms with van der Waals surface area (Å²) in [5.41, 5.74) is 3.58. The van der Waals surface area contributed by atoms with Crippen LogP contribution in [0, 0.1) is 0 Å². The Labute approximate surface area is 271 Å². The van der Waals surface area contributed by atoms with Crippen molar-refractivity contribution in [1.29, 1.82) is 0 Å². The number of benzene rings is 3. The van der Waals surface area contributed by atoms with Crippen LogP contribution in [0.3, 0.4) is 0 Å². The molecule has 0 radical (unpaired) electrons. The van der Waals surface area contributed by atoms with Crippen molar-refractivity contribution < 1.29 is 9.59 Å². The number of nitrogens with one attached hydrogen (secondary N) is 4. The first-order valence-corrected chi connectivity index (χ1v) is 14.7. The topological polar surface area (TPSA) is 163 Å². The van der Waals surface area contributed by atoms with Gasteiger partial charge < -0.3 is 20.6 Å². The number of imidazole rings is 1. The van der Waals surface area contributed by atoms with E-state index in [0.717, 1.165) is 5.56 Å². The smallest absolute Gasteiger partial charge is 0.251 e. The molecular formula is C32H25Cl2N9O3. The fourth-order valence-corrected chi connectivity index (χ4v) is 5.47. The Kier molecular flexibility index (Phi) is 8.72. The van der Waals surface area contributed by atoms with Crippen molar-refractivity contribution in [2.45, 2.75) is 12.5 Å². The molecule has 0 bridgehead atoms. The summed E-state index contributed by atoms with van der Waals surface area (Å²) < 4.78 is 1.47. The third kappa shape index (κ3) is 6.58. The van der Waals surface area contributed by atoms with E-state index in [4.69, 9.17) is 28.2 Å². The molecule has 0 saturated heterocycles. The molecule has 0 spiro atoms. The highest BCUT2D eigenvalue weighted by Gasteiger charge is 2.22. The number of hydrogen-bond donors (Lipinski definition) is 4. The van der Waals surface area contributed by atoms with Crippen LogP contribution < -0.4 is 16.2 Å². The molecule has 1 atom stereocenters. The van der Waals surface area contributed by atoms with Gasteiger partial charge in [0.05, 0.1) is 17.3 Å².